The number of fused-ring (bicyclic) bond motifs is 5. The van der Waals surface area contributed by atoms with Crippen molar-refractivity contribution in [2.24, 2.45) is 57.8 Å². The summed E-state index contributed by atoms with van der Waals surface area (Å²) in [7, 11) is 0. The van der Waals surface area contributed by atoms with Crippen LogP contribution in [0.1, 0.15) is 178 Å². The van der Waals surface area contributed by atoms with Gasteiger partial charge < -0.3 is 21.1 Å². The normalized spacial score (nSPS) is 31.4. The van der Waals surface area contributed by atoms with Crippen LogP contribution < -0.4 is 11.5 Å². The first-order valence-electron chi connectivity index (χ1n) is 20.7. The van der Waals surface area contributed by atoms with Crippen molar-refractivity contribution >= 4 is 30.9 Å². The Morgan fingerprint density at radius 2 is 1.50 bits per heavy atom. The first kappa shape index (κ1) is 45.7. The Labute approximate surface area is 321 Å². The molecule has 4 aliphatic rings. The number of amides is 1. The standard InChI is InChI=1S/C43H79N3O2.2ClH/c1-31(2)16-15-17-32(3)36-20-21-37-35-19-18-33-30-34(22-25-42(33,8)38(35)23-26-43(36,37)9)48-39(47)46(29-27-41(6,7)45)28-14-12-10-11-13-24-40(4,5)44;;/h18,31-32,34-38H,10-17,19-30,44-45H2,1-9H3;2*1H/t32-,34+,35+,36-,37+,38+,42+,43-;;/m1../s1. The van der Waals surface area contributed by atoms with Crippen molar-refractivity contribution in [3.05, 3.63) is 11.6 Å². The molecular weight excluding hydrogens is 661 g/mol. The van der Waals surface area contributed by atoms with Gasteiger partial charge in [0.2, 0.25) is 0 Å². The van der Waals surface area contributed by atoms with Gasteiger partial charge in [-0.25, -0.2) is 4.79 Å². The third kappa shape index (κ3) is 12.0. The van der Waals surface area contributed by atoms with Crippen molar-refractivity contribution in [2.45, 2.75) is 195 Å². The summed E-state index contributed by atoms with van der Waals surface area (Å²) in [6, 6.07) is 0. The van der Waals surface area contributed by atoms with E-state index in [0.717, 1.165) is 87.0 Å². The quantitative estimate of drug-likeness (QED) is 0.115. The van der Waals surface area contributed by atoms with Gasteiger partial charge in [-0.2, -0.15) is 0 Å². The molecule has 4 N–H and O–H groups in total. The summed E-state index contributed by atoms with van der Waals surface area (Å²) in [5, 5.41) is 0. The van der Waals surface area contributed by atoms with E-state index in [1.807, 2.05) is 18.7 Å². The van der Waals surface area contributed by atoms with Crippen molar-refractivity contribution in [1.82, 2.24) is 4.90 Å². The van der Waals surface area contributed by atoms with E-state index in [-0.39, 0.29) is 53.5 Å². The first-order valence-corrected chi connectivity index (χ1v) is 20.7. The topological polar surface area (TPSA) is 81.6 Å². The van der Waals surface area contributed by atoms with E-state index < -0.39 is 0 Å². The monoisotopic (exact) mass is 742 g/mol. The summed E-state index contributed by atoms with van der Waals surface area (Å²) in [5.41, 5.74) is 14.5. The summed E-state index contributed by atoms with van der Waals surface area (Å²) in [6.45, 7) is 22.3. The SMILES string of the molecule is CC(C)CCC[C@@H](C)[C@H]1CC[C@H]2[C@@H]3CC=C4C[C@@H](OC(=O)N(CCCCCCCC(C)(C)N)CCC(C)(C)N)CC[C@]4(C)[C@H]3CC[C@]12C.Cl.Cl. The van der Waals surface area contributed by atoms with E-state index in [1.165, 1.54) is 70.6 Å². The van der Waals surface area contributed by atoms with Crippen LogP contribution in [0.3, 0.4) is 0 Å². The highest BCUT2D eigenvalue weighted by Gasteiger charge is 2.59. The van der Waals surface area contributed by atoms with E-state index in [9.17, 15) is 4.79 Å². The lowest BCUT2D eigenvalue weighted by molar-refractivity contribution is -0.0594. The molecule has 294 valence electrons. The smallest absolute Gasteiger partial charge is 0.410 e. The number of rotatable bonds is 17. The van der Waals surface area contributed by atoms with Gasteiger partial charge in [0.25, 0.3) is 0 Å². The lowest BCUT2D eigenvalue weighted by atomic mass is 9.47. The maximum absolute atomic E-state index is 13.6. The summed E-state index contributed by atoms with van der Waals surface area (Å²) in [4.78, 5) is 15.6. The molecule has 1 amide bonds. The van der Waals surface area contributed by atoms with E-state index in [0.29, 0.717) is 12.0 Å². The van der Waals surface area contributed by atoms with Crippen molar-refractivity contribution in [3.63, 3.8) is 0 Å². The van der Waals surface area contributed by atoms with Crippen molar-refractivity contribution < 1.29 is 9.53 Å². The van der Waals surface area contributed by atoms with Crippen LogP contribution in [0.2, 0.25) is 0 Å². The minimum absolute atomic E-state index is 0. The second-order valence-electron chi connectivity index (χ2n) is 19.8. The van der Waals surface area contributed by atoms with Gasteiger partial charge in [-0.1, -0.05) is 91.2 Å². The second-order valence-corrected chi connectivity index (χ2v) is 19.8. The molecule has 0 radical (unpaired) electrons. The largest absolute Gasteiger partial charge is 0.446 e. The van der Waals surface area contributed by atoms with E-state index in [2.05, 4.69) is 54.5 Å². The minimum Gasteiger partial charge on any atom is -0.446 e. The van der Waals surface area contributed by atoms with Gasteiger partial charge in [0, 0.05) is 30.6 Å². The predicted octanol–water partition coefficient (Wildman–Crippen LogP) is 11.9. The number of hydrogen-bond acceptors (Lipinski definition) is 4. The van der Waals surface area contributed by atoms with Crippen LogP contribution in [0.25, 0.3) is 0 Å². The zero-order chi connectivity index (χ0) is 35.3. The van der Waals surface area contributed by atoms with Crippen LogP contribution in [0.4, 0.5) is 4.79 Å². The number of allylic oxidation sites excluding steroid dienone is 1. The molecule has 8 atom stereocenters. The Hall–Kier alpha value is -0.490. The minimum atomic E-state index is -0.301. The number of halogens is 2. The molecule has 0 spiro atoms. The summed E-state index contributed by atoms with van der Waals surface area (Å²) in [6.07, 6.45) is 24.3. The molecule has 50 heavy (non-hydrogen) atoms. The Morgan fingerprint density at radius 1 is 0.840 bits per heavy atom. The van der Waals surface area contributed by atoms with Gasteiger partial charge in [-0.05, 0) is 138 Å². The van der Waals surface area contributed by atoms with Crippen LogP contribution in [0.15, 0.2) is 11.6 Å². The Kier molecular flexibility index (Phi) is 17.5. The number of carbonyl (C=O) groups excluding carboxylic acids is 1. The Bertz CT molecular complexity index is 1070. The zero-order valence-electron chi connectivity index (χ0n) is 34.0. The van der Waals surface area contributed by atoms with Crippen molar-refractivity contribution in [1.29, 1.82) is 0 Å². The number of unbranched alkanes of at least 4 members (excludes halogenated alkanes) is 4. The summed E-state index contributed by atoms with van der Waals surface area (Å²) in [5.74, 6) is 5.09. The summed E-state index contributed by atoms with van der Waals surface area (Å²) >= 11 is 0. The van der Waals surface area contributed by atoms with E-state index >= 15 is 0 Å². The fourth-order valence-corrected chi connectivity index (χ4v) is 11.1. The number of nitrogens with two attached hydrogens (primary N) is 2. The fraction of sp³-hybridized carbons (Fsp3) is 0.930. The maximum Gasteiger partial charge on any atom is 0.410 e. The first-order chi connectivity index (χ1) is 22.4. The molecule has 3 fully saturated rings. The molecule has 0 heterocycles. The van der Waals surface area contributed by atoms with Crippen LogP contribution in [-0.4, -0.2) is 41.3 Å². The third-order valence-corrected chi connectivity index (χ3v) is 14.1. The highest BCUT2D eigenvalue weighted by Crippen LogP contribution is 2.67. The maximum atomic E-state index is 13.6. The number of nitrogens with zero attached hydrogens (tertiary/aromatic N) is 1. The van der Waals surface area contributed by atoms with Gasteiger partial charge in [-0.15, -0.1) is 24.8 Å². The van der Waals surface area contributed by atoms with E-state index in [1.54, 1.807) is 5.57 Å². The molecule has 7 heteroatoms. The molecule has 4 rings (SSSR count). The molecule has 0 aromatic carbocycles. The number of carbonyl (C=O) groups is 1. The predicted molar refractivity (Wildman–Crippen MR) is 218 cm³/mol. The van der Waals surface area contributed by atoms with Gasteiger partial charge in [0.15, 0.2) is 0 Å². The summed E-state index contributed by atoms with van der Waals surface area (Å²) < 4.78 is 6.35. The molecular formula is C43H81Cl2N3O2. The average Bonchev–Trinajstić information content (AvgIpc) is 3.34. The second kappa shape index (κ2) is 19.2. The molecule has 0 saturated heterocycles. The molecule has 0 unspecified atom stereocenters. The lowest BCUT2D eigenvalue weighted by Gasteiger charge is -2.58. The Balaban J connectivity index is 0.00000433. The molecule has 0 bridgehead atoms. The van der Waals surface area contributed by atoms with Gasteiger partial charge in [0.05, 0.1) is 0 Å². The molecule has 0 aromatic heterocycles. The molecule has 0 aromatic rings. The molecule has 4 aliphatic carbocycles. The van der Waals surface area contributed by atoms with Crippen LogP contribution in [0, 0.1) is 46.3 Å². The molecule has 0 aliphatic heterocycles. The molecule has 5 nitrogen and oxygen atoms in total. The Morgan fingerprint density at radius 3 is 2.16 bits per heavy atom. The van der Waals surface area contributed by atoms with Gasteiger partial charge in [-0.3, -0.25) is 0 Å². The molecule has 3 saturated carbocycles. The lowest BCUT2D eigenvalue weighted by Crippen LogP contribution is -2.51. The van der Waals surface area contributed by atoms with Crippen LogP contribution in [-0.2, 0) is 4.74 Å². The van der Waals surface area contributed by atoms with Crippen molar-refractivity contribution in [3.8, 4) is 0 Å². The van der Waals surface area contributed by atoms with Crippen molar-refractivity contribution in [2.75, 3.05) is 13.1 Å². The van der Waals surface area contributed by atoms with Crippen LogP contribution >= 0.6 is 24.8 Å². The highest BCUT2D eigenvalue weighted by molar-refractivity contribution is 5.85. The van der Waals surface area contributed by atoms with Gasteiger partial charge >= 0.3 is 6.09 Å². The van der Waals surface area contributed by atoms with Gasteiger partial charge in [0.1, 0.15) is 6.10 Å². The fourth-order valence-electron chi connectivity index (χ4n) is 11.1. The number of hydrogen-bond donors (Lipinski definition) is 2. The van der Waals surface area contributed by atoms with Crippen LogP contribution in [0.5, 0.6) is 0 Å². The average molecular weight is 743 g/mol. The zero-order valence-corrected chi connectivity index (χ0v) is 35.6. The third-order valence-electron chi connectivity index (χ3n) is 14.1. The van der Waals surface area contributed by atoms with E-state index in [4.69, 9.17) is 16.2 Å². The highest BCUT2D eigenvalue weighted by atomic mass is 35.5. The number of ether oxygens (including phenoxy) is 1.